The highest BCUT2D eigenvalue weighted by Crippen LogP contribution is 2.01. The molecule has 0 bridgehead atoms. The van der Waals surface area contributed by atoms with E-state index < -0.39 is 11.5 Å². The van der Waals surface area contributed by atoms with Gasteiger partial charge in [-0.1, -0.05) is 0 Å². The Kier molecular flexibility index (Phi) is 1.56. The summed E-state index contributed by atoms with van der Waals surface area (Å²) in [5.41, 5.74) is -0.289. The first kappa shape index (κ1) is 7.59. The van der Waals surface area contributed by atoms with Gasteiger partial charge in [-0.15, -0.1) is 0 Å². The molecule has 60 valence electrons. The third kappa shape index (κ3) is 1.04. The summed E-state index contributed by atoms with van der Waals surface area (Å²) in [4.78, 5) is 21.2. The van der Waals surface area contributed by atoms with Gasteiger partial charge < -0.3 is 9.63 Å². The number of aryl methyl sites for hydroxylation is 1. The number of rotatable bonds is 1. The van der Waals surface area contributed by atoms with Crippen LogP contribution in [0.15, 0.2) is 9.32 Å². The molecule has 0 spiro atoms. The first-order chi connectivity index (χ1) is 5.04. The normalized spacial score (nSPS) is 10.0. The molecule has 1 rings (SSSR count). The summed E-state index contributed by atoms with van der Waals surface area (Å²) in [6.07, 6.45) is 0. The van der Waals surface area contributed by atoms with Crippen molar-refractivity contribution in [3.63, 3.8) is 0 Å². The van der Waals surface area contributed by atoms with Gasteiger partial charge in [0.2, 0.25) is 5.76 Å². The van der Waals surface area contributed by atoms with E-state index in [0.717, 1.165) is 4.74 Å². The third-order valence-corrected chi connectivity index (χ3v) is 1.37. The van der Waals surface area contributed by atoms with Gasteiger partial charge in [0.1, 0.15) is 0 Å². The van der Waals surface area contributed by atoms with Crippen LogP contribution in [0.5, 0.6) is 0 Å². The van der Waals surface area contributed by atoms with Crippen molar-refractivity contribution in [2.24, 2.45) is 7.05 Å². The molecule has 0 radical (unpaired) electrons. The molecular weight excluding hydrogens is 150 g/mol. The van der Waals surface area contributed by atoms with Crippen LogP contribution in [0.25, 0.3) is 0 Å². The smallest absolute Gasteiger partial charge is 0.375 e. The molecule has 0 unspecified atom stereocenters. The Morgan fingerprint density at radius 3 is 2.36 bits per heavy atom. The molecule has 1 N–H and O–H groups in total. The molecule has 5 heteroatoms. The van der Waals surface area contributed by atoms with Crippen molar-refractivity contribution in [1.82, 2.24) is 4.74 Å². The van der Waals surface area contributed by atoms with E-state index in [1.54, 1.807) is 0 Å². The van der Waals surface area contributed by atoms with Crippen molar-refractivity contribution in [3.8, 4) is 0 Å². The second-order valence-electron chi connectivity index (χ2n) is 2.15. The summed E-state index contributed by atoms with van der Waals surface area (Å²) in [5, 5.41) is 8.46. The quantitative estimate of drug-likeness (QED) is 0.622. The summed E-state index contributed by atoms with van der Waals surface area (Å²) in [6, 6.07) is 0. The van der Waals surface area contributed by atoms with Crippen LogP contribution in [0.4, 0.5) is 0 Å². The lowest BCUT2D eigenvalue weighted by atomic mass is 10.3. The average Bonchev–Trinajstić information content (AvgIpc) is 2.17. The predicted molar refractivity (Wildman–Crippen MR) is 35.6 cm³/mol. The number of hydrogen-bond acceptors (Lipinski definition) is 3. The van der Waals surface area contributed by atoms with Crippen LogP contribution in [-0.4, -0.2) is 15.8 Å². The van der Waals surface area contributed by atoms with Gasteiger partial charge in [0.25, 0.3) is 5.56 Å². The van der Waals surface area contributed by atoms with E-state index in [0.29, 0.717) is 0 Å². The standard InChI is InChI=1S/C6H7NO4/c1-3-4(6(9)10)11-7(2)5(3)8/h1-2H3,(H,9,10). The fourth-order valence-corrected chi connectivity index (χ4v) is 0.780. The first-order valence-electron chi connectivity index (χ1n) is 2.94. The summed E-state index contributed by atoms with van der Waals surface area (Å²) in [5.74, 6) is -1.52. The van der Waals surface area contributed by atoms with Crippen molar-refractivity contribution in [1.29, 1.82) is 0 Å². The average molecular weight is 157 g/mol. The third-order valence-electron chi connectivity index (χ3n) is 1.37. The second-order valence-corrected chi connectivity index (χ2v) is 2.15. The Labute approximate surface area is 61.8 Å². The zero-order valence-corrected chi connectivity index (χ0v) is 6.12. The van der Waals surface area contributed by atoms with Crippen molar-refractivity contribution in [2.45, 2.75) is 6.92 Å². The molecule has 0 atom stereocenters. The Hall–Kier alpha value is -1.52. The minimum atomic E-state index is -1.22. The minimum absolute atomic E-state index is 0.125. The molecule has 0 amide bonds. The number of carbonyl (C=O) groups is 1. The van der Waals surface area contributed by atoms with Crippen LogP contribution in [0.1, 0.15) is 16.1 Å². The van der Waals surface area contributed by atoms with E-state index >= 15 is 0 Å². The van der Waals surface area contributed by atoms with Crippen LogP contribution in [0.3, 0.4) is 0 Å². The molecular formula is C6H7NO4. The largest absolute Gasteiger partial charge is 0.475 e. The van der Waals surface area contributed by atoms with E-state index in [9.17, 15) is 9.59 Å². The number of hydrogen-bond donors (Lipinski definition) is 1. The number of aromatic nitrogens is 1. The first-order valence-corrected chi connectivity index (χ1v) is 2.94. The van der Waals surface area contributed by atoms with Crippen LogP contribution in [0.2, 0.25) is 0 Å². The maximum atomic E-state index is 10.9. The lowest BCUT2D eigenvalue weighted by Gasteiger charge is -1.84. The molecule has 0 saturated heterocycles. The van der Waals surface area contributed by atoms with Crippen molar-refractivity contribution < 1.29 is 14.4 Å². The maximum Gasteiger partial charge on any atom is 0.375 e. The molecule has 0 aliphatic rings. The highest BCUT2D eigenvalue weighted by Gasteiger charge is 2.16. The predicted octanol–water partition coefficient (Wildman–Crippen LogP) is -0.0151. The maximum absolute atomic E-state index is 10.9. The molecule has 0 fully saturated rings. The van der Waals surface area contributed by atoms with Crippen LogP contribution in [0, 0.1) is 6.92 Å². The van der Waals surface area contributed by atoms with Crippen molar-refractivity contribution in [3.05, 3.63) is 21.7 Å². The molecule has 11 heavy (non-hydrogen) atoms. The van der Waals surface area contributed by atoms with Gasteiger partial charge in [-0.3, -0.25) is 4.79 Å². The highest BCUT2D eigenvalue weighted by molar-refractivity contribution is 5.85. The molecule has 1 heterocycles. The van der Waals surface area contributed by atoms with E-state index in [4.69, 9.17) is 5.11 Å². The van der Waals surface area contributed by atoms with E-state index in [1.165, 1.54) is 14.0 Å². The minimum Gasteiger partial charge on any atom is -0.475 e. The highest BCUT2D eigenvalue weighted by atomic mass is 16.5. The van der Waals surface area contributed by atoms with Crippen LogP contribution >= 0.6 is 0 Å². The van der Waals surface area contributed by atoms with E-state index in [-0.39, 0.29) is 11.3 Å². The zero-order valence-electron chi connectivity index (χ0n) is 6.12. The lowest BCUT2D eigenvalue weighted by molar-refractivity contribution is 0.0637. The molecule has 0 aliphatic carbocycles. The zero-order chi connectivity index (χ0) is 8.59. The number of carboxylic acid groups (broad SMARTS) is 1. The van der Waals surface area contributed by atoms with Gasteiger partial charge in [0.05, 0.1) is 5.56 Å². The molecule has 5 nitrogen and oxygen atoms in total. The summed E-state index contributed by atoms with van der Waals surface area (Å²) >= 11 is 0. The lowest BCUT2D eigenvalue weighted by Crippen LogP contribution is -2.11. The number of aromatic carboxylic acids is 1. The number of carboxylic acids is 1. The number of nitrogens with zero attached hydrogens (tertiary/aromatic N) is 1. The van der Waals surface area contributed by atoms with Gasteiger partial charge in [-0.05, 0) is 6.92 Å². The van der Waals surface area contributed by atoms with Crippen LogP contribution in [-0.2, 0) is 7.05 Å². The summed E-state index contributed by atoms with van der Waals surface area (Å²) < 4.78 is 5.50. The SMILES string of the molecule is Cc1c(C(=O)O)on(C)c1=O. The molecule has 0 aliphatic heterocycles. The molecule has 0 aromatic carbocycles. The fourth-order valence-electron chi connectivity index (χ4n) is 0.780. The van der Waals surface area contributed by atoms with Crippen LogP contribution < -0.4 is 5.56 Å². The second kappa shape index (κ2) is 2.26. The molecule has 1 aromatic heterocycles. The molecule has 1 aromatic rings. The van der Waals surface area contributed by atoms with Gasteiger partial charge in [-0.25, -0.2) is 4.79 Å². The van der Waals surface area contributed by atoms with E-state index in [1.807, 2.05) is 0 Å². The Morgan fingerprint density at radius 1 is 1.64 bits per heavy atom. The van der Waals surface area contributed by atoms with Gasteiger partial charge in [-0.2, -0.15) is 4.74 Å². The Morgan fingerprint density at radius 2 is 2.18 bits per heavy atom. The topological polar surface area (TPSA) is 72.4 Å². The monoisotopic (exact) mass is 157 g/mol. The van der Waals surface area contributed by atoms with Crippen molar-refractivity contribution in [2.75, 3.05) is 0 Å². The Bertz CT molecular complexity index is 346. The van der Waals surface area contributed by atoms with Gasteiger partial charge in [0, 0.05) is 7.05 Å². The molecule has 0 saturated carbocycles. The van der Waals surface area contributed by atoms with Crippen molar-refractivity contribution >= 4 is 5.97 Å². The van der Waals surface area contributed by atoms with Gasteiger partial charge >= 0.3 is 5.97 Å². The summed E-state index contributed by atoms with van der Waals surface area (Å²) in [7, 11) is 1.36. The summed E-state index contributed by atoms with van der Waals surface area (Å²) in [6.45, 7) is 1.41. The van der Waals surface area contributed by atoms with Gasteiger partial charge in [0.15, 0.2) is 0 Å². The van der Waals surface area contributed by atoms with E-state index in [2.05, 4.69) is 4.52 Å². The Balaban J connectivity index is 3.42. The fraction of sp³-hybridized carbons (Fsp3) is 0.333.